The monoisotopic (exact) mass is 412 g/mol. The minimum absolute atomic E-state index is 0.131. The molecule has 29 heavy (non-hydrogen) atoms. The minimum Gasteiger partial charge on any atom is -0.331 e. The number of nitrogens with zero attached hydrogens (tertiary/aromatic N) is 3. The van der Waals surface area contributed by atoms with E-state index in [2.05, 4.69) is 10.4 Å². The molecule has 7 nitrogen and oxygen atoms in total. The molecule has 0 radical (unpaired) electrons. The lowest BCUT2D eigenvalue weighted by Crippen LogP contribution is -2.37. The second kappa shape index (κ2) is 8.45. The summed E-state index contributed by atoms with van der Waals surface area (Å²) in [7, 11) is 1.52. The van der Waals surface area contributed by atoms with Crippen LogP contribution in [0.15, 0.2) is 53.3 Å². The standard InChI is InChI=1S/C21H21ClN4O3/c1-13(2)26-20(28)17-10-5-4-9-16(17)19(24-26)21(29)25(3)12-18(27)23-15-8-6-7-14(22)11-15/h4-11,13H,12H2,1-3H3,(H,23,27). The van der Waals surface area contributed by atoms with E-state index in [1.807, 2.05) is 13.8 Å². The molecular weight excluding hydrogens is 392 g/mol. The Balaban J connectivity index is 1.87. The number of nitrogens with one attached hydrogen (secondary N) is 1. The van der Waals surface area contributed by atoms with E-state index in [0.29, 0.717) is 21.5 Å². The molecule has 0 aliphatic rings. The Morgan fingerprint density at radius 1 is 1.14 bits per heavy atom. The zero-order chi connectivity index (χ0) is 21.1. The van der Waals surface area contributed by atoms with E-state index in [9.17, 15) is 14.4 Å². The van der Waals surface area contributed by atoms with E-state index in [-0.39, 0.29) is 29.7 Å². The molecule has 2 amide bonds. The van der Waals surface area contributed by atoms with Gasteiger partial charge in [-0.05, 0) is 38.1 Å². The van der Waals surface area contributed by atoms with Gasteiger partial charge in [0.25, 0.3) is 11.5 Å². The second-order valence-electron chi connectivity index (χ2n) is 6.96. The van der Waals surface area contributed by atoms with Crippen LogP contribution in [0.4, 0.5) is 5.69 Å². The molecule has 0 bridgehead atoms. The van der Waals surface area contributed by atoms with Crippen molar-refractivity contribution in [2.45, 2.75) is 19.9 Å². The summed E-state index contributed by atoms with van der Waals surface area (Å²) in [5.74, 6) is -0.818. The summed E-state index contributed by atoms with van der Waals surface area (Å²) in [6.07, 6.45) is 0. The summed E-state index contributed by atoms with van der Waals surface area (Å²) >= 11 is 5.92. The Kier molecular flexibility index (Phi) is 5.98. The molecule has 8 heteroatoms. The van der Waals surface area contributed by atoms with Crippen LogP contribution in [0.5, 0.6) is 0 Å². The normalized spacial score (nSPS) is 10.9. The molecular formula is C21H21ClN4O3. The molecule has 0 saturated heterocycles. The fourth-order valence-electron chi connectivity index (χ4n) is 2.95. The van der Waals surface area contributed by atoms with Crippen molar-refractivity contribution in [2.24, 2.45) is 0 Å². The van der Waals surface area contributed by atoms with Crippen LogP contribution in [0.3, 0.4) is 0 Å². The van der Waals surface area contributed by atoms with Crippen LogP contribution in [-0.4, -0.2) is 40.1 Å². The van der Waals surface area contributed by atoms with E-state index in [4.69, 9.17) is 11.6 Å². The van der Waals surface area contributed by atoms with Crippen molar-refractivity contribution >= 4 is 39.9 Å². The van der Waals surface area contributed by atoms with Gasteiger partial charge in [0.2, 0.25) is 5.91 Å². The van der Waals surface area contributed by atoms with E-state index >= 15 is 0 Å². The van der Waals surface area contributed by atoms with Crippen molar-refractivity contribution in [1.82, 2.24) is 14.7 Å². The van der Waals surface area contributed by atoms with E-state index in [1.54, 1.807) is 48.5 Å². The quantitative estimate of drug-likeness (QED) is 0.696. The Hall–Kier alpha value is -3.19. The third kappa shape index (κ3) is 4.46. The molecule has 0 aliphatic carbocycles. The summed E-state index contributed by atoms with van der Waals surface area (Å²) in [6, 6.07) is 13.4. The van der Waals surface area contributed by atoms with Crippen LogP contribution in [0, 0.1) is 0 Å². The van der Waals surface area contributed by atoms with Crippen molar-refractivity contribution in [3.63, 3.8) is 0 Å². The van der Waals surface area contributed by atoms with Crippen molar-refractivity contribution in [2.75, 3.05) is 18.9 Å². The topological polar surface area (TPSA) is 84.3 Å². The van der Waals surface area contributed by atoms with Gasteiger partial charge in [-0.15, -0.1) is 0 Å². The molecule has 3 rings (SSSR count). The van der Waals surface area contributed by atoms with Crippen LogP contribution in [-0.2, 0) is 4.79 Å². The van der Waals surface area contributed by atoms with Gasteiger partial charge in [0.15, 0.2) is 5.69 Å². The Bertz CT molecular complexity index is 1140. The Morgan fingerprint density at radius 3 is 2.48 bits per heavy atom. The van der Waals surface area contributed by atoms with Gasteiger partial charge in [0, 0.05) is 23.1 Å². The van der Waals surface area contributed by atoms with Gasteiger partial charge < -0.3 is 10.2 Å². The largest absolute Gasteiger partial charge is 0.331 e. The molecule has 3 aromatic rings. The fraction of sp³-hybridized carbons (Fsp3) is 0.238. The highest BCUT2D eigenvalue weighted by atomic mass is 35.5. The number of fused-ring (bicyclic) bond motifs is 1. The first-order valence-corrected chi connectivity index (χ1v) is 9.48. The van der Waals surface area contributed by atoms with Crippen molar-refractivity contribution in [1.29, 1.82) is 0 Å². The molecule has 0 spiro atoms. The average Bonchev–Trinajstić information content (AvgIpc) is 2.67. The number of benzene rings is 2. The minimum atomic E-state index is -0.447. The van der Waals surface area contributed by atoms with Crippen LogP contribution in [0.25, 0.3) is 10.8 Å². The second-order valence-corrected chi connectivity index (χ2v) is 7.39. The third-order valence-corrected chi connectivity index (χ3v) is 4.59. The molecule has 2 aromatic carbocycles. The van der Waals surface area contributed by atoms with Gasteiger partial charge in [-0.25, -0.2) is 4.68 Å². The van der Waals surface area contributed by atoms with Crippen LogP contribution < -0.4 is 10.9 Å². The highest BCUT2D eigenvalue weighted by molar-refractivity contribution is 6.30. The predicted octanol–water partition coefficient (Wildman–Crippen LogP) is 3.34. The number of rotatable bonds is 5. The number of carbonyl (C=O) groups excluding carboxylic acids is 2. The number of anilines is 1. The number of hydrogen-bond acceptors (Lipinski definition) is 4. The number of halogens is 1. The number of hydrogen-bond donors (Lipinski definition) is 1. The number of amides is 2. The smallest absolute Gasteiger partial charge is 0.275 e. The van der Waals surface area contributed by atoms with Gasteiger partial charge in [0.05, 0.1) is 18.0 Å². The predicted molar refractivity (Wildman–Crippen MR) is 113 cm³/mol. The lowest BCUT2D eigenvalue weighted by molar-refractivity contribution is -0.116. The summed E-state index contributed by atoms with van der Waals surface area (Å²) < 4.78 is 1.29. The Morgan fingerprint density at radius 2 is 1.83 bits per heavy atom. The lowest BCUT2D eigenvalue weighted by Gasteiger charge is -2.19. The highest BCUT2D eigenvalue weighted by Gasteiger charge is 2.22. The van der Waals surface area contributed by atoms with Crippen LogP contribution >= 0.6 is 11.6 Å². The summed E-state index contributed by atoms with van der Waals surface area (Å²) in [5, 5.41) is 8.36. The van der Waals surface area contributed by atoms with Crippen molar-refractivity contribution in [3.05, 3.63) is 69.6 Å². The third-order valence-electron chi connectivity index (χ3n) is 4.36. The molecule has 0 aliphatic heterocycles. The average molecular weight is 413 g/mol. The van der Waals surface area contributed by atoms with Gasteiger partial charge in [0.1, 0.15) is 0 Å². The summed E-state index contributed by atoms with van der Waals surface area (Å²) in [6.45, 7) is 3.46. The molecule has 1 aromatic heterocycles. The molecule has 1 N–H and O–H groups in total. The van der Waals surface area contributed by atoms with Crippen molar-refractivity contribution < 1.29 is 9.59 Å². The SMILES string of the molecule is CC(C)n1nc(C(=O)N(C)CC(=O)Nc2cccc(Cl)c2)c2ccccc2c1=O. The Labute approximate surface area is 172 Å². The maximum absolute atomic E-state index is 13.0. The number of likely N-dealkylation sites (N-methyl/N-ethyl adjacent to an activating group) is 1. The molecule has 0 saturated carbocycles. The van der Waals surface area contributed by atoms with Gasteiger partial charge in [-0.1, -0.05) is 35.9 Å². The van der Waals surface area contributed by atoms with Gasteiger partial charge >= 0.3 is 0 Å². The van der Waals surface area contributed by atoms with Crippen molar-refractivity contribution in [3.8, 4) is 0 Å². The number of aromatic nitrogens is 2. The van der Waals surface area contributed by atoms with Gasteiger partial charge in [-0.3, -0.25) is 14.4 Å². The summed E-state index contributed by atoms with van der Waals surface area (Å²) in [5.41, 5.74) is 0.417. The maximum atomic E-state index is 13.0. The summed E-state index contributed by atoms with van der Waals surface area (Å²) in [4.78, 5) is 39.3. The first-order chi connectivity index (χ1) is 13.8. The molecule has 150 valence electrons. The van der Waals surface area contributed by atoms with E-state index in [0.717, 1.165) is 0 Å². The lowest BCUT2D eigenvalue weighted by atomic mass is 10.1. The zero-order valence-electron chi connectivity index (χ0n) is 16.3. The maximum Gasteiger partial charge on any atom is 0.275 e. The van der Waals surface area contributed by atoms with E-state index in [1.165, 1.54) is 16.6 Å². The molecule has 0 fully saturated rings. The first-order valence-electron chi connectivity index (χ1n) is 9.10. The number of carbonyl (C=O) groups is 2. The van der Waals surface area contributed by atoms with E-state index < -0.39 is 5.91 Å². The van der Waals surface area contributed by atoms with Gasteiger partial charge in [-0.2, -0.15) is 5.10 Å². The molecule has 1 heterocycles. The first kappa shape index (κ1) is 20.5. The highest BCUT2D eigenvalue weighted by Crippen LogP contribution is 2.17. The fourth-order valence-corrected chi connectivity index (χ4v) is 3.14. The zero-order valence-corrected chi connectivity index (χ0v) is 17.1. The molecule has 0 atom stereocenters. The molecule has 0 unspecified atom stereocenters. The van der Waals surface area contributed by atoms with Crippen LogP contribution in [0.1, 0.15) is 30.4 Å². The van der Waals surface area contributed by atoms with Crippen LogP contribution in [0.2, 0.25) is 5.02 Å².